The van der Waals surface area contributed by atoms with E-state index in [1.807, 2.05) is 53.7 Å². The molecular formula is C21H28N2O3S. The van der Waals surface area contributed by atoms with Gasteiger partial charge in [-0.15, -0.1) is 0 Å². The monoisotopic (exact) mass is 388 g/mol. The maximum Gasteiger partial charge on any atom is 0.255 e. The molecule has 1 N–H and O–H groups in total. The second-order valence-corrected chi connectivity index (χ2v) is 8.69. The van der Waals surface area contributed by atoms with E-state index in [0.717, 1.165) is 22.3 Å². The molecule has 0 aliphatic rings. The molecule has 0 spiro atoms. The zero-order chi connectivity index (χ0) is 20.4. The third-order valence-corrected chi connectivity index (χ3v) is 7.03. The first-order valence-corrected chi connectivity index (χ1v) is 10.6. The van der Waals surface area contributed by atoms with Gasteiger partial charge in [-0.05, 0) is 74.2 Å². The van der Waals surface area contributed by atoms with E-state index in [1.165, 1.54) is 4.31 Å². The van der Waals surface area contributed by atoms with Crippen molar-refractivity contribution in [3.8, 4) is 0 Å². The summed E-state index contributed by atoms with van der Waals surface area (Å²) < 4.78 is 27.1. The van der Waals surface area contributed by atoms with Gasteiger partial charge in [0, 0.05) is 24.3 Å². The summed E-state index contributed by atoms with van der Waals surface area (Å²) in [7, 11) is -3.59. The quantitative estimate of drug-likeness (QED) is 0.806. The number of rotatable bonds is 6. The Hall–Kier alpha value is -2.18. The van der Waals surface area contributed by atoms with Gasteiger partial charge >= 0.3 is 0 Å². The maximum absolute atomic E-state index is 12.9. The van der Waals surface area contributed by atoms with E-state index in [-0.39, 0.29) is 10.8 Å². The summed E-state index contributed by atoms with van der Waals surface area (Å²) in [5, 5.41) is 2.88. The molecule has 2 aromatic carbocycles. The van der Waals surface area contributed by atoms with Gasteiger partial charge in [-0.2, -0.15) is 4.31 Å². The van der Waals surface area contributed by atoms with E-state index >= 15 is 0 Å². The first-order valence-electron chi connectivity index (χ1n) is 9.11. The number of nitrogens with one attached hydrogen (secondary N) is 1. The van der Waals surface area contributed by atoms with Crippen molar-refractivity contribution in [3.05, 3.63) is 58.1 Å². The third kappa shape index (κ3) is 4.39. The summed E-state index contributed by atoms with van der Waals surface area (Å²) in [5.41, 5.74) is 4.89. The summed E-state index contributed by atoms with van der Waals surface area (Å²) >= 11 is 0. The SMILES string of the molecule is CCN(CC)S(=O)(=O)c1cc(C)c(C)c(NC(=O)c2ccc(C)c(C)c2)c1. The topological polar surface area (TPSA) is 66.5 Å². The Kier molecular flexibility index (Phi) is 6.44. The van der Waals surface area contributed by atoms with Gasteiger partial charge in [0.1, 0.15) is 0 Å². The Balaban J connectivity index is 2.44. The van der Waals surface area contributed by atoms with Crippen molar-refractivity contribution >= 4 is 21.6 Å². The molecule has 0 aliphatic carbocycles. The molecule has 0 saturated carbocycles. The number of anilines is 1. The average Bonchev–Trinajstić information content (AvgIpc) is 2.61. The van der Waals surface area contributed by atoms with Gasteiger partial charge in [0.05, 0.1) is 4.90 Å². The normalized spacial score (nSPS) is 11.7. The van der Waals surface area contributed by atoms with Crippen LogP contribution in [0.15, 0.2) is 35.2 Å². The van der Waals surface area contributed by atoms with Crippen molar-refractivity contribution in [3.63, 3.8) is 0 Å². The highest BCUT2D eigenvalue weighted by molar-refractivity contribution is 7.89. The molecule has 0 aliphatic heterocycles. The average molecular weight is 389 g/mol. The van der Waals surface area contributed by atoms with Gasteiger partial charge < -0.3 is 5.32 Å². The number of sulfonamides is 1. The van der Waals surface area contributed by atoms with E-state index < -0.39 is 10.0 Å². The summed E-state index contributed by atoms with van der Waals surface area (Å²) in [6.45, 7) is 12.1. The molecule has 0 radical (unpaired) electrons. The molecule has 0 atom stereocenters. The first-order chi connectivity index (χ1) is 12.6. The molecule has 0 heterocycles. The van der Waals surface area contributed by atoms with Crippen LogP contribution in [-0.2, 0) is 10.0 Å². The van der Waals surface area contributed by atoms with Crippen LogP contribution < -0.4 is 5.32 Å². The molecule has 6 heteroatoms. The van der Waals surface area contributed by atoms with Crippen LogP contribution in [0.5, 0.6) is 0 Å². The van der Waals surface area contributed by atoms with Crippen LogP contribution >= 0.6 is 0 Å². The number of nitrogens with zero attached hydrogens (tertiary/aromatic N) is 1. The minimum Gasteiger partial charge on any atom is -0.322 e. The minimum absolute atomic E-state index is 0.199. The van der Waals surface area contributed by atoms with Crippen LogP contribution in [0.2, 0.25) is 0 Å². The lowest BCUT2D eigenvalue weighted by Gasteiger charge is -2.20. The van der Waals surface area contributed by atoms with Crippen LogP contribution in [0.25, 0.3) is 0 Å². The molecule has 0 unspecified atom stereocenters. The second kappa shape index (κ2) is 8.23. The molecule has 1 amide bonds. The van der Waals surface area contributed by atoms with Gasteiger partial charge in [0.25, 0.3) is 5.91 Å². The molecule has 2 rings (SSSR count). The molecule has 0 fully saturated rings. The maximum atomic E-state index is 12.9. The second-order valence-electron chi connectivity index (χ2n) is 6.76. The number of carbonyl (C=O) groups excluding carboxylic acids is 1. The minimum atomic E-state index is -3.59. The number of carbonyl (C=O) groups is 1. The van der Waals surface area contributed by atoms with Crippen LogP contribution in [-0.4, -0.2) is 31.7 Å². The lowest BCUT2D eigenvalue weighted by atomic mass is 10.0. The molecule has 2 aromatic rings. The lowest BCUT2D eigenvalue weighted by molar-refractivity contribution is 0.102. The Morgan fingerprint density at radius 1 is 0.926 bits per heavy atom. The first kappa shape index (κ1) is 21.1. The van der Waals surface area contributed by atoms with Gasteiger partial charge in [-0.25, -0.2) is 8.42 Å². The molecule has 27 heavy (non-hydrogen) atoms. The van der Waals surface area contributed by atoms with E-state index in [1.54, 1.807) is 18.2 Å². The predicted molar refractivity (Wildman–Crippen MR) is 110 cm³/mol. The Morgan fingerprint density at radius 3 is 2.11 bits per heavy atom. The zero-order valence-corrected chi connectivity index (χ0v) is 17.7. The number of hydrogen-bond acceptors (Lipinski definition) is 3. The molecule has 0 aromatic heterocycles. The van der Waals surface area contributed by atoms with Crippen LogP contribution in [0.4, 0.5) is 5.69 Å². The van der Waals surface area contributed by atoms with Crippen LogP contribution in [0, 0.1) is 27.7 Å². The summed E-state index contributed by atoms with van der Waals surface area (Å²) in [6.07, 6.45) is 0. The molecule has 0 bridgehead atoms. The number of amides is 1. The van der Waals surface area contributed by atoms with Crippen molar-refractivity contribution in [1.82, 2.24) is 4.31 Å². The molecule has 5 nitrogen and oxygen atoms in total. The fourth-order valence-electron chi connectivity index (χ4n) is 2.89. The Bertz CT molecular complexity index is 962. The van der Waals surface area contributed by atoms with E-state index in [9.17, 15) is 13.2 Å². The van der Waals surface area contributed by atoms with Gasteiger partial charge in [-0.3, -0.25) is 4.79 Å². The summed E-state index contributed by atoms with van der Waals surface area (Å²) in [4.78, 5) is 12.9. The van der Waals surface area contributed by atoms with Crippen molar-refractivity contribution in [2.24, 2.45) is 0 Å². The van der Waals surface area contributed by atoms with Crippen molar-refractivity contribution in [1.29, 1.82) is 0 Å². The lowest BCUT2D eigenvalue weighted by Crippen LogP contribution is -2.30. The van der Waals surface area contributed by atoms with E-state index in [2.05, 4.69) is 5.32 Å². The van der Waals surface area contributed by atoms with Crippen LogP contribution in [0.3, 0.4) is 0 Å². The highest BCUT2D eigenvalue weighted by atomic mass is 32.2. The van der Waals surface area contributed by atoms with Crippen molar-refractivity contribution in [2.75, 3.05) is 18.4 Å². The van der Waals surface area contributed by atoms with Gasteiger partial charge in [0.2, 0.25) is 10.0 Å². The van der Waals surface area contributed by atoms with Gasteiger partial charge in [0.15, 0.2) is 0 Å². The Labute approximate surface area is 162 Å². The van der Waals surface area contributed by atoms with Gasteiger partial charge in [-0.1, -0.05) is 19.9 Å². The number of aryl methyl sites for hydroxylation is 3. The Morgan fingerprint density at radius 2 is 1.56 bits per heavy atom. The predicted octanol–water partition coefficient (Wildman–Crippen LogP) is 4.20. The fraction of sp³-hybridized carbons (Fsp3) is 0.381. The fourth-order valence-corrected chi connectivity index (χ4v) is 4.47. The third-order valence-electron chi connectivity index (χ3n) is 5.00. The molecule has 0 saturated heterocycles. The van der Waals surface area contributed by atoms with Crippen molar-refractivity contribution in [2.45, 2.75) is 46.4 Å². The summed E-state index contributed by atoms with van der Waals surface area (Å²) in [6, 6.07) is 8.73. The van der Waals surface area contributed by atoms with Crippen LogP contribution in [0.1, 0.15) is 46.5 Å². The van der Waals surface area contributed by atoms with E-state index in [0.29, 0.717) is 24.3 Å². The highest BCUT2D eigenvalue weighted by Crippen LogP contribution is 2.27. The van der Waals surface area contributed by atoms with E-state index in [4.69, 9.17) is 0 Å². The largest absolute Gasteiger partial charge is 0.322 e. The number of hydrogen-bond donors (Lipinski definition) is 1. The standard InChI is InChI=1S/C21H28N2O3S/c1-7-23(8-2)27(25,26)19-12-16(5)17(6)20(13-19)22-21(24)18-10-9-14(3)15(4)11-18/h9-13H,7-8H2,1-6H3,(H,22,24). The number of benzene rings is 2. The van der Waals surface area contributed by atoms with Crippen molar-refractivity contribution < 1.29 is 13.2 Å². The zero-order valence-electron chi connectivity index (χ0n) is 16.9. The highest BCUT2D eigenvalue weighted by Gasteiger charge is 2.23. The summed E-state index contributed by atoms with van der Waals surface area (Å²) in [5.74, 6) is -0.252. The molecular weight excluding hydrogens is 360 g/mol. The molecule has 146 valence electrons. The smallest absolute Gasteiger partial charge is 0.255 e.